The first-order chi connectivity index (χ1) is 13.8. The summed E-state index contributed by atoms with van der Waals surface area (Å²) in [5, 5.41) is 8.39. The van der Waals surface area contributed by atoms with E-state index in [0.29, 0.717) is 6.54 Å². The Morgan fingerprint density at radius 1 is 0.643 bits per heavy atom. The minimum Gasteiger partial charge on any atom is -0.348 e. The maximum atomic E-state index is 11.0. The molecule has 1 heterocycles. The molecular formula is C26H23NO. The zero-order valence-corrected chi connectivity index (χ0v) is 15.9. The summed E-state index contributed by atoms with van der Waals surface area (Å²) in [6, 6.07) is 25.6. The Bertz CT molecular complexity index is 1190. The fraction of sp³-hybridized carbons (Fsp3) is 0.192. The van der Waals surface area contributed by atoms with Gasteiger partial charge in [0, 0.05) is 12.1 Å². The Balaban J connectivity index is 0.000000145. The van der Waals surface area contributed by atoms with Gasteiger partial charge in [-0.15, -0.1) is 0 Å². The molecule has 28 heavy (non-hydrogen) atoms. The molecule has 1 aliphatic heterocycles. The summed E-state index contributed by atoms with van der Waals surface area (Å²) >= 11 is 0. The Hall–Kier alpha value is -3.13. The molecule has 2 nitrogen and oxygen atoms in total. The minimum absolute atomic E-state index is 0.0515. The Kier molecular flexibility index (Phi) is 4.32. The first-order valence-corrected chi connectivity index (χ1v) is 10.1. The number of carbonyl (C=O) groups is 1. The van der Waals surface area contributed by atoms with E-state index < -0.39 is 0 Å². The van der Waals surface area contributed by atoms with Gasteiger partial charge in [-0.05, 0) is 70.0 Å². The van der Waals surface area contributed by atoms with Crippen molar-refractivity contribution >= 4 is 27.5 Å². The first kappa shape index (κ1) is 17.0. The highest BCUT2D eigenvalue weighted by Crippen LogP contribution is 2.33. The van der Waals surface area contributed by atoms with Gasteiger partial charge in [0.25, 0.3) is 5.91 Å². The molecule has 0 bridgehead atoms. The number of fused-ring (bicyclic) bond motifs is 6. The number of benzene rings is 4. The smallest absolute Gasteiger partial charge is 0.251 e. The minimum atomic E-state index is 0.0515. The van der Waals surface area contributed by atoms with Gasteiger partial charge in [-0.1, -0.05) is 66.7 Å². The van der Waals surface area contributed by atoms with Gasteiger partial charge in [0.2, 0.25) is 0 Å². The van der Waals surface area contributed by atoms with Crippen LogP contribution in [0.1, 0.15) is 39.9 Å². The van der Waals surface area contributed by atoms with E-state index in [1.54, 1.807) is 11.1 Å². The van der Waals surface area contributed by atoms with Crippen LogP contribution in [0.15, 0.2) is 72.8 Å². The summed E-state index contributed by atoms with van der Waals surface area (Å²) in [5.74, 6) is 0.0515. The van der Waals surface area contributed by atoms with Crippen LogP contribution < -0.4 is 5.32 Å². The second-order valence-corrected chi connectivity index (χ2v) is 7.63. The van der Waals surface area contributed by atoms with Crippen LogP contribution in [0.2, 0.25) is 0 Å². The third-order valence-electron chi connectivity index (χ3n) is 5.96. The molecule has 0 radical (unpaired) electrons. The molecule has 0 saturated heterocycles. The van der Waals surface area contributed by atoms with Gasteiger partial charge in [0.15, 0.2) is 0 Å². The third-order valence-corrected chi connectivity index (χ3v) is 5.96. The predicted octanol–water partition coefficient (Wildman–Crippen LogP) is 5.80. The van der Waals surface area contributed by atoms with Crippen molar-refractivity contribution < 1.29 is 4.79 Å². The number of carbonyl (C=O) groups excluding carboxylic acids is 1. The Morgan fingerprint density at radius 3 is 2.36 bits per heavy atom. The van der Waals surface area contributed by atoms with E-state index in [1.807, 2.05) is 24.3 Å². The maximum Gasteiger partial charge on any atom is 0.251 e. The summed E-state index contributed by atoms with van der Waals surface area (Å²) in [6.45, 7) is 0.689. The van der Waals surface area contributed by atoms with Crippen molar-refractivity contribution in [2.45, 2.75) is 32.2 Å². The molecule has 0 saturated carbocycles. The zero-order chi connectivity index (χ0) is 18.9. The quantitative estimate of drug-likeness (QED) is 0.392. The van der Waals surface area contributed by atoms with Crippen LogP contribution >= 0.6 is 0 Å². The molecule has 1 aliphatic carbocycles. The SMILES string of the molecule is O=C1NCc2ccccc21.c1ccc2c(c1)ccc1c3c(ccc12)CCCC3. The molecule has 0 spiro atoms. The number of hydrogen-bond acceptors (Lipinski definition) is 1. The standard InChI is InChI=1S/C18H16.C8H7NO/c1-3-7-15-13(5-1)9-11-18-16-8-4-2-6-14(16)10-12-17(15)18;10-8-7-4-2-1-3-6(7)5-9-8/h1,3,5,7,9-12H,2,4,6,8H2;1-4H,5H2,(H,9,10). The molecule has 1 N–H and O–H groups in total. The third kappa shape index (κ3) is 2.95. The van der Waals surface area contributed by atoms with Crippen LogP contribution in [0.4, 0.5) is 0 Å². The van der Waals surface area contributed by atoms with Gasteiger partial charge in [-0.3, -0.25) is 4.79 Å². The predicted molar refractivity (Wildman–Crippen MR) is 116 cm³/mol. The molecule has 4 aromatic rings. The summed E-state index contributed by atoms with van der Waals surface area (Å²) in [7, 11) is 0. The van der Waals surface area contributed by atoms with E-state index in [1.165, 1.54) is 47.2 Å². The van der Waals surface area contributed by atoms with E-state index in [9.17, 15) is 4.79 Å². The van der Waals surface area contributed by atoms with Gasteiger partial charge in [-0.25, -0.2) is 0 Å². The van der Waals surface area contributed by atoms with Gasteiger partial charge in [0.05, 0.1) is 0 Å². The lowest BCUT2D eigenvalue weighted by atomic mass is 9.86. The van der Waals surface area contributed by atoms with E-state index in [-0.39, 0.29) is 5.91 Å². The van der Waals surface area contributed by atoms with E-state index >= 15 is 0 Å². The van der Waals surface area contributed by atoms with E-state index in [4.69, 9.17) is 0 Å². The fourth-order valence-electron chi connectivity index (χ4n) is 4.51. The van der Waals surface area contributed by atoms with Crippen molar-refractivity contribution in [2.24, 2.45) is 0 Å². The second kappa shape index (κ2) is 7.12. The average molecular weight is 365 g/mol. The topological polar surface area (TPSA) is 29.1 Å². The largest absolute Gasteiger partial charge is 0.348 e. The lowest BCUT2D eigenvalue weighted by molar-refractivity contribution is 0.0966. The van der Waals surface area contributed by atoms with Crippen LogP contribution in [0.5, 0.6) is 0 Å². The Labute approximate surface area is 165 Å². The molecule has 2 heteroatoms. The fourth-order valence-corrected chi connectivity index (χ4v) is 4.51. The van der Waals surface area contributed by atoms with Crippen LogP contribution in [0.25, 0.3) is 21.5 Å². The summed E-state index contributed by atoms with van der Waals surface area (Å²) in [5.41, 5.74) is 5.10. The molecule has 0 unspecified atom stereocenters. The second-order valence-electron chi connectivity index (χ2n) is 7.63. The molecule has 2 aliphatic rings. The highest BCUT2D eigenvalue weighted by Gasteiger charge is 2.16. The van der Waals surface area contributed by atoms with Crippen molar-refractivity contribution in [1.29, 1.82) is 0 Å². The summed E-state index contributed by atoms with van der Waals surface area (Å²) < 4.78 is 0. The van der Waals surface area contributed by atoms with E-state index in [2.05, 4.69) is 53.8 Å². The number of rotatable bonds is 0. The highest BCUT2D eigenvalue weighted by molar-refractivity contribution is 6.08. The normalized spacial score (nSPS) is 14.8. The molecule has 138 valence electrons. The van der Waals surface area contributed by atoms with Crippen molar-refractivity contribution in [3.63, 3.8) is 0 Å². The average Bonchev–Trinajstić information content (AvgIpc) is 3.15. The van der Waals surface area contributed by atoms with Crippen molar-refractivity contribution in [1.82, 2.24) is 5.32 Å². The van der Waals surface area contributed by atoms with Gasteiger partial charge in [0.1, 0.15) is 0 Å². The highest BCUT2D eigenvalue weighted by atomic mass is 16.1. The molecular weight excluding hydrogens is 342 g/mol. The maximum absolute atomic E-state index is 11.0. The number of aryl methyl sites for hydroxylation is 2. The lowest BCUT2D eigenvalue weighted by Gasteiger charge is -2.18. The number of nitrogens with one attached hydrogen (secondary N) is 1. The molecule has 0 atom stereocenters. The van der Waals surface area contributed by atoms with Crippen LogP contribution in [-0.2, 0) is 19.4 Å². The van der Waals surface area contributed by atoms with Crippen molar-refractivity contribution in [3.8, 4) is 0 Å². The van der Waals surface area contributed by atoms with Crippen LogP contribution in [-0.4, -0.2) is 5.91 Å². The summed E-state index contributed by atoms with van der Waals surface area (Å²) in [4.78, 5) is 11.0. The van der Waals surface area contributed by atoms with Crippen molar-refractivity contribution in [2.75, 3.05) is 0 Å². The van der Waals surface area contributed by atoms with Gasteiger partial charge in [-0.2, -0.15) is 0 Å². The zero-order valence-electron chi connectivity index (χ0n) is 15.9. The molecule has 4 aromatic carbocycles. The first-order valence-electron chi connectivity index (χ1n) is 10.1. The van der Waals surface area contributed by atoms with E-state index in [0.717, 1.165) is 11.1 Å². The summed E-state index contributed by atoms with van der Waals surface area (Å²) in [6.07, 6.45) is 5.22. The molecule has 1 amide bonds. The van der Waals surface area contributed by atoms with Crippen LogP contribution in [0, 0.1) is 0 Å². The van der Waals surface area contributed by atoms with Gasteiger partial charge >= 0.3 is 0 Å². The number of amides is 1. The van der Waals surface area contributed by atoms with Gasteiger partial charge < -0.3 is 5.32 Å². The monoisotopic (exact) mass is 365 g/mol. The van der Waals surface area contributed by atoms with Crippen LogP contribution in [0.3, 0.4) is 0 Å². The van der Waals surface area contributed by atoms with Crippen molar-refractivity contribution in [3.05, 3.63) is 95.1 Å². The lowest BCUT2D eigenvalue weighted by Crippen LogP contribution is -2.12. The Morgan fingerprint density at radius 2 is 1.43 bits per heavy atom. The molecule has 6 rings (SSSR count). The molecule has 0 fully saturated rings. The molecule has 0 aromatic heterocycles. The number of hydrogen-bond donors (Lipinski definition) is 1.